The maximum absolute atomic E-state index is 11.1. The van der Waals surface area contributed by atoms with Crippen molar-refractivity contribution in [2.75, 3.05) is 0 Å². The summed E-state index contributed by atoms with van der Waals surface area (Å²) in [5.41, 5.74) is 4.04. The van der Waals surface area contributed by atoms with Crippen molar-refractivity contribution in [3.05, 3.63) is 59.7 Å². The molecule has 2 N–H and O–H groups in total. The normalized spacial score (nSPS) is 12.0. The summed E-state index contributed by atoms with van der Waals surface area (Å²) >= 11 is 0. The average Bonchev–Trinajstić information content (AvgIpc) is 2.86. The van der Waals surface area contributed by atoms with Crippen LogP contribution in [0, 0.1) is 0 Å². The number of benzene rings is 2. The van der Waals surface area contributed by atoms with Crippen molar-refractivity contribution in [3.63, 3.8) is 0 Å². The van der Waals surface area contributed by atoms with E-state index in [1.54, 1.807) is 19.1 Å². The summed E-state index contributed by atoms with van der Waals surface area (Å²) in [6, 6.07) is 12.0. The Hall–Kier alpha value is -2.81. The van der Waals surface area contributed by atoms with Crippen LogP contribution >= 0.6 is 0 Å². The number of rotatable bonds is 3. The van der Waals surface area contributed by atoms with Crippen molar-refractivity contribution >= 4 is 39.9 Å². The Morgan fingerprint density at radius 3 is 2.67 bits per heavy atom. The predicted octanol–water partition coefficient (Wildman–Crippen LogP) is 4.45. The molecule has 1 aromatic heterocycles. The van der Waals surface area contributed by atoms with Crippen LogP contribution < -0.4 is 0 Å². The number of carboxylic acid groups (broad SMARTS) is 1. The molecule has 0 aliphatic carbocycles. The number of aromatic amines is 1. The predicted molar refractivity (Wildman–Crippen MR) is 87.2 cm³/mol. The van der Waals surface area contributed by atoms with Crippen LogP contribution in [0.25, 0.3) is 34.0 Å². The second-order valence-electron chi connectivity index (χ2n) is 5.00. The first-order chi connectivity index (χ1) is 10.1. The van der Waals surface area contributed by atoms with E-state index in [0.29, 0.717) is 5.57 Å². The third kappa shape index (κ3) is 2.13. The van der Waals surface area contributed by atoms with Crippen molar-refractivity contribution in [2.24, 2.45) is 0 Å². The molecular weight excluding hydrogens is 262 g/mol. The molecule has 0 unspecified atom stereocenters. The summed E-state index contributed by atoms with van der Waals surface area (Å²) in [5, 5.41) is 11.3. The van der Waals surface area contributed by atoms with Crippen LogP contribution in [0.4, 0.5) is 0 Å². The second-order valence-corrected chi connectivity index (χ2v) is 5.00. The Morgan fingerprint density at radius 2 is 1.95 bits per heavy atom. The SMILES string of the molecule is C=Cc1ccc2c([nH]c3ccccc32)c1C=C(C)C(=O)O. The van der Waals surface area contributed by atoms with Gasteiger partial charge in [0.05, 0.1) is 5.52 Å². The van der Waals surface area contributed by atoms with Gasteiger partial charge in [0.1, 0.15) is 0 Å². The number of H-pyrrole nitrogens is 1. The Balaban J connectivity index is 2.41. The van der Waals surface area contributed by atoms with Crippen molar-refractivity contribution in [3.8, 4) is 0 Å². The highest BCUT2D eigenvalue weighted by molar-refractivity contribution is 6.11. The summed E-state index contributed by atoms with van der Waals surface area (Å²) in [6.07, 6.45) is 3.43. The summed E-state index contributed by atoms with van der Waals surface area (Å²) in [6.45, 7) is 5.41. The van der Waals surface area contributed by atoms with Crippen LogP contribution in [-0.4, -0.2) is 16.1 Å². The molecule has 0 atom stereocenters. The van der Waals surface area contributed by atoms with Crippen molar-refractivity contribution < 1.29 is 9.90 Å². The van der Waals surface area contributed by atoms with Gasteiger partial charge >= 0.3 is 5.97 Å². The number of para-hydroxylation sites is 1. The van der Waals surface area contributed by atoms with E-state index in [2.05, 4.69) is 17.6 Å². The van der Waals surface area contributed by atoms with Crippen LogP contribution in [0.3, 0.4) is 0 Å². The summed E-state index contributed by atoms with van der Waals surface area (Å²) in [4.78, 5) is 14.5. The van der Waals surface area contributed by atoms with Gasteiger partial charge in [0.25, 0.3) is 0 Å². The van der Waals surface area contributed by atoms with Crippen LogP contribution in [-0.2, 0) is 4.79 Å². The Kier molecular flexibility index (Phi) is 3.10. The molecule has 0 saturated carbocycles. The molecule has 0 fully saturated rings. The third-order valence-corrected chi connectivity index (χ3v) is 3.67. The standard InChI is InChI=1S/C18H15NO2/c1-3-12-8-9-14-13-6-4-5-7-16(13)19-17(14)15(12)10-11(2)18(20)21/h3-10,19H,1H2,2H3,(H,20,21). The minimum atomic E-state index is -0.918. The molecule has 3 heteroatoms. The number of carbonyl (C=O) groups is 1. The lowest BCUT2D eigenvalue weighted by Gasteiger charge is -2.04. The number of nitrogens with one attached hydrogen (secondary N) is 1. The molecule has 2 aromatic carbocycles. The number of aliphatic carboxylic acids is 1. The minimum Gasteiger partial charge on any atom is -0.478 e. The molecule has 3 aromatic rings. The van der Waals surface area contributed by atoms with Gasteiger partial charge in [-0.2, -0.15) is 0 Å². The molecule has 0 radical (unpaired) electrons. The van der Waals surface area contributed by atoms with E-state index < -0.39 is 5.97 Å². The number of fused-ring (bicyclic) bond motifs is 3. The van der Waals surface area contributed by atoms with Gasteiger partial charge in [-0.05, 0) is 24.6 Å². The molecule has 3 rings (SSSR count). The van der Waals surface area contributed by atoms with Gasteiger partial charge in [0.15, 0.2) is 0 Å². The lowest BCUT2D eigenvalue weighted by Crippen LogP contribution is -1.96. The molecule has 0 spiro atoms. The van der Waals surface area contributed by atoms with Gasteiger partial charge in [0.2, 0.25) is 0 Å². The number of hydrogen-bond acceptors (Lipinski definition) is 1. The Morgan fingerprint density at radius 1 is 1.19 bits per heavy atom. The first-order valence-corrected chi connectivity index (χ1v) is 6.69. The van der Waals surface area contributed by atoms with Crippen LogP contribution in [0.5, 0.6) is 0 Å². The summed E-state index contributed by atoms with van der Waals surface area (Å²) in [5.74, 6) is -0.918. The first-order valence-electron chi connectivity index (χ1n) is 6.69. The zero-order valence-corrected chi connectivity index (χ0v) is 11.7. The fourth-order valence-electron chi connectivity index (χ4n) is 2.57. The highest BCUT2D eigenvalue weighted by atomic mass is 16.4. The quantitative estimate of drug-likeness (QED) is 0.695. The zero-order chi connectivity index (χ0) is 15.0. The Bertz CT molecular complexity index is 900. The fraction of sp³-hybridized carbons (Fsp3) is 0.0556. The molecule has 21 heavy (non-hydrogen) atoms. The topological polar surface area (TPSA) is 53.1 Å². The maximum Gasteiger partial charge on any atom is 0.331 e. The maximum atomic E-state index is 11.1. The smallest absolute Gasteiger partial charge is 0.331 e. The lowest BCUT2D eigenvalue weighted by atomic mass is 10.0. The van der Waals surface area contributed by atoms with Crippen molar-refractivity contribution in [2.45, 2.75) is 6.92 Å². The molecule has 0 bridgehead atoms. The van der Waals surface area contributed by atoms with E-state index in [9.17, 15) is 4.79 Å². The van der Waals surface area contributed by atoms with Gasteiger partial charge in [0, 0.05) is 27.4 Å². The number of hydrogen-bond donors (Lipinski definition) is 2. The van der Waals surface area contributed by atoms with E-state index in [1.165, 1.54) is 0 Å². The second kappa shape index (κ2) is 4.94. The summed E-state index contributed by atoms with van der Waals surface area (Å²) in [7, 11) is 0. The third-order valence-electron chi connectivity index (χ3n) is 3.67. The monoisotopic (exact) mass is 277 g/mol. The molecule has 104 valence electrons. The largest absolute Gasteiger partial charge is 0.478 e. The first kappa shape index (κ1) is 13.2. The molecule has 0 saturated heterocycles. The molecule has 1 heterocycles. The fourth-order valence-corrected chi connectivity index (χ4v) is 2.57. The van der Waals surface area contributed by atoms with Crippen molar-refractivity contribution in [1.82, 2.24) is 4.98 Å². The Labute approximate surface area is 122 Å². The highest BCUT2D eigenvalue weighted by Crippen LogP contribution is 2.31. The number of carboxylic acids is 1. The molecular formula is C18H15NO2. The van der Waals surface area contributed by atoms with Crippen LogP contribution in [0.1, 0.15) is 18.1 Å². The van der Waals surface area contributed by atoms with Gasteiger partial charge in [-0.25, -0.2) is 4.79 Å². The minimum absolute atomic E-state index is 0.296. The van der Waals surface area contributed by atoms with E-state index in [4.69, 9.17) is 5.11 Å². The van der Waals surface area contributed by atoms with Crippen LogP contribution in [0.2, 0.25) is 0 Å². The number of aromatic nitrogens is 1. The van der Waals surface area contributed by atoms with Gasteiger partial charge < -0.3 is 10.1 Å². The van der Waals surface area contributed by atoms with E-state index in [0.717, 1.165) is 32.9 Å². The average molecular weight is 277 g/mol. The molecule has 0 aliphatic rings. The zero-order valence-electron chi connectivity index (χ0n) is 11.7. The van der Waals surface area contributed by atoms with Gasteiger partial charge in [-0.3, -0.25) is 0 Å². The lowest BCUT2D eigenvalue weighted by molar-refractivity contribution is -0.132. The molecule has 0 aliphatic heterocycles. The molecule has 0 amide bonds. The van der Waals surface area contributed by atoms with Crippen LogP contribution in [0.15, 0.2) is 48.6 Å². The summed E-state index contributed by atoms with van der Waals surface area (Å²) < 4.78 is 0. The van der Waals surface area contributed by atoms with Gasteiger partial charge in [-0.1, -0.05) is 43.0 Å². The van der Waals surface area contributed by atoms with E-state index >= 15 is 0 Å². The molecule has 3 nitrogen and oxygen atoms in total. The van der Waals surface area contributed by atoms with Gasteiger partial charge in [-0.15, -0.1) is 0 Å². The van der Waals surface area contributed by atoms with E-state index in [1.807, 2.05) is 30.3 Å². The highest BCUT2D eigenvalue weighted by Gasteiger charge is 2.11. The van der Waals surface area contributed by atoms with Crippen molar-refractivity contribution in [1.29, 1.82) is 0 Å². The van der Waals surface area contributed by atoms with E-state index in [-0.39, 0.29) is 0 Å².